The summed E-state index contributed by atoms with van der Waals surface area (Å²) in [5.41, 5.74) is 5.77. The Bertz CT molecular complexity index is 1670. The van der Waals surface area contributed by atoms with E-state index in [0.717, 1.165) is 24.2 Å². The van der Waals surface area contributed by atoms with Crippen LogP contribution in [0.15, 0.2) is 71.6 Å². The van der Waals surface area contributed by atoms with Crippen molar-refractivity contribution in [2.75, 3.05) is 51.3 Å². The van der Waals surface area contributed by atoms with Crippen molar-refractivity contribution < 1.29 is 41.0 Å². The Morgan fingerprint density at radius 2 is 1.50 bits per heavy atom. The van der Waals surface area contributed by atoms with Gasteiger partial charge in [0.05, 0.1) is 17.9 Å². The van der Waals surface area contributed by atoms with Crippen LogP contribution in [0, 0.1) is 26.7 Å². The van der Waals surface area contributed by atoms with Crippen LogP contribution in [0.4, 0.5) is 18.9 Å². The number of benzene rings is 3. The van der Waals surface area contributed by atoms with Crippen molar-refractivity contribution in [3.8, 4) is 5.75 Å². The molecule has 248 valence electrons. The van der Waals surface area contributed by atoms with Gasteiger partial charge in [-0.3, -0.25) is 4.79 Å². The van der Waals surface area contributed by atoms with Crippen LogP contribution in [-0.4, -0.2) is 87.2 Å². The first-order valence-electron chi connectivity index (χ1n) is 14.7. The Labute approximate surface area is 267 Å². The summed E-state index contributed by atoms with van der Waals surface area (Å²) in [5.74, 6) is -2.90. The number of ether oxygens (including phenoxy) is 1. The number of hydrogen-bond donors (Lipinski definition) is 1. The molecule has 3 aromatic rings. The summed E-state index contributed by atoms with van der Waals surface area (Å²) in [4.78, 5) is 27.4. The number of rotatable bonds is 6. The van der Waals surface area contributed by atoms with Gasteiger partial charge in [-0.15, -0.1) is 0 Å². The van der Waals surface area contributed by atoms with Crippen molar-refractivity contribution in [2.24, 2.45) is 5.92 Å². The zero-order valence-electron chi connectivity index (χ0n) is 26.1. The molecule has 13 heteroatoms. The highest BCUT2D eigenvalue weighted by Gasteiger charge is 2.45. The van der Waals surface area contributed by atoms with Gasteiger partial charge < -0.3 is 19.6 Å². The summed E-state index contributed by atoms with van der Waals surface area (Å²) < 4.78 is 65.9. The number of aryl methyl sites for hydroxylation is 3. The van der Waals surface area contributed by atoms with Crippen LogP contribution < -0.4 is 9.64 Å². The summed E-state index contributed by atoms with van der Waals surface area (Å²) in [7, 11) is -2.28. The molecule has 0 spiro atoms. The van der Waals surface area contributed by atoms with Crippen LogP contribution in [0.5, 0.6) is 5.75 Å². The number of sulfonamides is 1. The van der Waals surface area contributed by atoms with Crippen LogP contribution in [0.2, 0.25) is 0 Å². The van der Waals surface area contributed by atoms with E-state index < -0.39 is 28.1 Å². The van der Waals surface area contributed by atoms with Crippen LogP contribution in [0.3, 0.4) is 0 Å². The van der Waals surface area contributed by atoms with E-state index in [0.29, 0.717) is 18.8 Å². The van der Waals surface area contributed by atoms with Gasteiger partial charge in [-0.25, -0.2) is 13.2 Å². The number of anilines is 1. The standard InChI is InChI=1S/C31H37N3O4S.C2HF3O2/c1-22-7-5-8-25(17-22)28-20-34(39(36,37)27-10-6-9-26(19-27)38-4)21-29(28)31(35)33-15-13-32(14-16-33)30-18-23(2)11-12-24(30)3;3-2(4,5)1(6)7/h5-12,17-19,28-29H,13-16,20-21H2,1-4H3;(H,6,7)/t28-,29+;/m0./s1. The van der Waals surface area contributed by atoms with E-state index in [1.807, 2.05) is 30.0 Å². The summed E-state index contributed by atoms with van der Waals surface area (Å²) in [6.07, 6.45) is -5.08. The fourth-order valence-corrected chi connectivity index (χ4v) is 7.35. The fraction of sp³-hybridized carbons (Fsp3) is 0.394. The zero-order chi connectivity index (χ0) is 33.8. The molecule has 2 saturated heterocycles. The number of carbonyl (C=O) groups excluding carboxylic acids is 1. The fourth-order valence-electron chi connectivity index (χ4n) is 5.83. The molecule has 2 fully saturated rings. The molecule has 46 heavy (non-hydrogen) atoms. The highest BCUT2D eigenvalue weighted by Crippen LogP contribution is 2.38. The third kappa shape index (κ3) is 8.00. The minimum absolute atomic E-state index is 0.0328. The van der Waals surface area contributed by atoms with Crippen molar-refractivity contribution >= 4 is 27.6 Å². The maximum atomic E-state index is 14.0. The number of piperazine rings is 1. The SMILES string of the molecule is COc1cccc(S(=O)(=O)N2C[C@@H](C(=O)N3CCN(c4cc(C)ccc4C)CC3)[C@H](c3cccc(C)c3)C2)c1.O=C(O)C(F)(F)F. The maximum absolute atomic E-state index is 14.0. The Morgan fingerprint density at radius 3 is 2.11 bits per heavy atom. The van der Waals surface area contributed by atoms with E-state index in [9.17, 15) is 26.4 Å². The lowest BCUT2D eigenvalue weighted by Gasteiger charge is -2.38. The highest BCUT2D eigenvalue weighted by molar-refractivity contribution is 7.89. The predicted molar refractivity (Wildman–Crippen MR) is 168 cm³/mol. The lowest BCUT2D eigenvalue weighted by atomic mass is 9.87. The van der Waals surface area contributed by atoms with Crippen LogP contribution >= 0.6 is 0 Å². The normalized spacial score (nSPS) is 18.9. The number of halogens is 3. The number of amides is 1. The lowest BCUT2D eigenvalue weighted by molar-refractivity contribution is -0.192. The molecule has 0 bridgehead atoms. The van der Waals surface area contributed by atoms with E-state index >= 15 is 0 Å². The van der Waals surface area contributed by atoms with E-state index in [1.165, 1.54) is 28.2 Å². The van der Waals surface area contributed by atoms with E-state index in [-0.39, 0.29) is 29.8 Å². The molecule has 9 nitrogen and oxygen atoms in total. The van der Waals surface area contributed by atoms with Crippen LogP contribution in [0.25, 0.3) is 0 Å². The molecular formula is C33H38F3N3O6S. The maximum Gasteiger partial charge on any atom is 0.490 e. The number of nitrogens with zero attached hydrogens (tertiary/aromatic N) is 3. The average molecular weight is 662 g/mol. The second-order valence-corrected chi connectivity index (χ2v) is 13.5. The molecule has 2 aliphatic heterocycles. The molecule has 0 aromatic heterocycles. The summed E-state index contributed by atoms with van der Waals surface area (Å²) >= 11 is 0. The minimum Gasteiger partial charge on any atom is -0.497 e. The molecule has 5 rings (SSSR count). The Morgan fingerprint density at radius 1 is 0.870 bits per heavy atom. The Kier molecular flexibility index (Phi) is 10.7. The van der Waals surface area contributed by atoms with Crippen molar-refractivity contribution in [3.63, 3.8) is 0 Å². The second kappa shape index (κ2) is 14.1. The Hall–Kier alpha value is -4.10. The molecule has 2 aliphatic rings. The largest absolute Gasteiger partial charge is 0.497 e. The molecule has 1 amide bonds. The van der Waals surface area contributed by atoms with Crippen LogP contribution in [-0.2, 0) is 19.6 Å². The molecule has 0 radical (unpaired) electrons. The Balaban J connectivity index is 0.000000617. The first-order chi connectivity index (χ1) is 21.6. The first-order valence-corrected chi connectivity index (χ1v) is 16.2. The van der Waals surface area contributed by atoms with Gasteiger partial charge in [-0.1, -0.05) is 48.0 Å². The molecule has 0 aliphatic carbocycles. The number of carboxylic acids is 1. The number of methoxy groups -OCH3 is 1. The molecule has 2 atom stereocenters. The number of alkyl halides is 3. The van der Waals surface area contributed by atoms with Gasteiger partial charge in [-0.2, -0.15) is 17.5 Å². The van der Waals surface area contributed by atoms with Crippen molar-refractivity contribution in [1.82, 2.24) is 9.21 Å². The highest BCUT2D eigenvalue weighted by atomic mass is 32.2. The van der Waals surface area contributed by atoms with Crippen LogP contribution in [0.1, 0.15) is 28.2 Å². The third-order valence-electron chi connectivity index (χ3n) is 8.29. The number of carbonyl (C=O) groups is 2. The summed E-state index contributed by atoms with van der Waals surface area (Å²) in [5, 5.41) is 7.12. The summed E-state index contributed by atoms with van der Waals surface area (Å²) in [6, 6.07) is 21.1. The lowest BCUT2D eigenvalue weighted by Crippen LogP contribution is -2.51. The molecule has 0 saturated carbocycles. The van der Waals surface area contributed by atoms with Gasteiger partial charge in [-0.05, 0) is 55.7 Å². The average Bonchev–Trinajstić information content (AvgIpc) is 3.48. The van der Waals surface area contributed by atoms with E-state index in [1.54, 1.807) is 24.3 Å². The van der Waals surface area contributed by atoms with Gasteiger partial charge in [0, 0.05) is 56.9 Å². The van der Waals surface area contributed by atoms with Crippen molar-refractivity contribution in [3.05, 3.63) is 89.0 Å². The second-order valence-electron chi connectivity index (χ2n) is 11.5. The number of hydrogen-bond acceptors (Lipinski definition) is 6. The monoisotopic (exact) mass is 661 g/mol. The van der Waals surface area contributed by atoms with E-state index in [2.05, 4.69) is 43.0 Å². The smallest absolute Gasteiger partial charge is 0.490 e. The number of aliphatic carboxylic acids is 1. The predicted octanol–water partition coefficient (Wildman–Crippen LogP) is 5.01. The summed E-state index contributed by atoms with van der Waals surface area (Å²) in [6.45, 7) is 9.40. The molecule has 2 heterocycles. The van der Waals surface area contributed by atoms with E-state index in [4.69, 9.17) is 14.6 Å². The number of carboxylic acid groups (broad SMARTS) is 1. The molecule has 0 unspecified atom stereocenters. The van der Waals surface area contributed by atoms with Gasteiger partial charge in [0.25, 0.3) is 0 Å². The quantitative estimate of drug-likeness (QED) is 0.396. The first kappa shape index (κ1) is 34.8. The topological polar surface area (TPSA) is 107 Å². The van der Waals surface area contributed by atoms with Gasteiger partial charge in [0.15, 0.2) is 0 Å². The van der Waals surface area contributed by atoms with Gasteiger partial charge in [0.2, 0.25) is 15.9 Å². The zero-order valence-corrected chi connectivity index (χ0v) is 26.9. The molecule has 1 N–H and O–H groups in total. The minimum atomic E-state index is -5.08. The van der Waals surface area contributed by atoms with Crippen molar-refractivity contribution in [2.45, 2.75) is 37.8 Å². The van der Waals surface area contributed by atoms with Gasteiger partial charge in [0.1, 0.15) is 5.75 Å². The molecular weight excluding hydrogens is 623 g/mol. The third-order valence-corrected chi connectivity index (χ3v) is 10.1. The molecule has 3 aromatic carbocycles. The van der Waals surface area contributed by atoms with Gasteiger partial charge >= 0.3 is 12.1 Å². The van der Waals surface area contributed by atoms with Crippen molar-refractivity contribution in [1.29, 1.82) is 0 Å².